The molecule has 4 heteroatoms. The Hall–Kier alpha value is 1.83. The summed E-state index contributed by atoms with van der Waals surface area (Å²) in [6, 6.07) is 0. The van der Waals surface area contributed by atoms with Gasteiger partial charge in [0.1, 0.15) is 0 Å². The average Bonchev–Trinajstić information content (AvgIpc) is 2.40. The summed E-state index contributed by atoms with van der Waals surface area (Å²) in [7, 11) is 0. The minimum Gasteiger partial charge on any atom is -1.00 e. The van der Waals surface area contributed by atoms with Crippen molar-refractivity contribution < 1.29 is 63.8 Å². The van der Waals surface area contributed by atoms with E-state index in [2.05, 4.69) is 92.9 Å². The largest absolute Gasteiger partial charge is 2.00 e. The molecular formula is C20H28Cl2Ru2+2. The molecule has 0 aliphatic heterocycles. The first-order valence-corrected chi connectivity index (χ1v) is 7.53. The van der Waals surface area contributed by atoms with Gasteiger partial charge in [0.25, 0.3) is 0 Å². The second-order valence-electron chi connectivity index (χ2n) is 6.13. The van der Waals surface area contributed by atoms with Crippen molar-refractivity contribution in [3.8, 4) is 0 Å². The van der Waals surface area contributed by atoms with Gasteiger partial charge >= 0.3 is 39.0 Å². The maximum Gasteiger partial charge on any atom is 2.00 e. The van der Waals surface area contributed by atoms with Crippen molar-refractivity contribution in [2.45, 2.75) is 41.5 Å². The Morgan fingerprint density at radius 2 is 0.708 bits per heavy atom. The van der Waals surface area contributed by atoms with Crippen LogP contribution in [0.2, 0.25) is 0 Å². The Bertz CT molecular complexity index is 218. The molecule has 136 valence electrons. The third-order valence-electron chi connectivity index (χ3n) is 3.49. The van der Waals surface area contributed by atoms with Crippen molar-refractivity contribution in [3.05, 3.63) is 75.0 Å². The Balaban J connectivity index is -0.000000143. The molecule has 0 aromatic rings. The fraction of sp³-hybridized carbons (Fsp3) is 0.400. The van der Waals surface area contributed by atoms with Crippen LogP contribution in [0.4, 0.5) is 0 Å². The van der Waals surface area contributed by atoms with Gasteiger partial charge in [-0.25, -0.2) is 0 Å². The van der Waals surface area contributed by atoms with E-state index in [1.165, 1.54) is 23.7 Å². The van der Waals surface area contributed by atoms with Crippen LogP contribution >= 0.6 is 0 Å². The van der Waals surface area contributed by atoms with Crippen molar-refractivity contribution in [1.82, 2.24) is 0 Å². The zero-order valence-electron chi connectivity index (χ0n) is 15.2. The van der Waals surface area contributed by atoms with Gasteiger partial charge in [0, 0.05) is 0 Å². The standard InChI is InChI=1S/2C10H14.2ClH.2Ru/c2*1-8(2)10-6-4-9(3)5-7-10;;;;/h2*4-8H,1-3H3;2*1H;;/q;;;;2*+2/p-2. The summed E-state index contributed by atoms with van der Waals surface area (Å²) in [6.07, 6.45) is 17.4. The van der Waals surface area contributed by atoms with E-state index in [4.69, 9.17) is 0 Å². The van der Waals surface area contributed by atoms with Gasteiger partial charge in [-0.2, -0.15) is 0 Å². The summed E-state index contributed by atoms with van der Waals surface area (Å²) in [5.74, 6) is 6.83. The fourth-order valence-electron chi connectivity index (χ4n) is 1.90. The first kappa shape index (κ1) is 33.4. The molecule has 24 heavy (non-hydrogen) atoms. The van der Waals surface area contributed by atoms with Crippen LogP contribution in [0.3, 0.4) is 0 Å². The molecule has 0 nitrogen and oxygen atoms in total. The quantitative estimate of drug-likeness (QED) is 0.406. The molecule has 2 rings (SSSR count). The van der Waals surface area contributed by atoms with Crippen LogP contribution in [0.5, 0.6) is 0 Å². The zero-order chi connectivity index (χ0) is 15.1. The molecule has 0 atom stereocenters. The summed E-state index contributed by atoms with van der Waals surface area (Å²) >= 11 is 0. The van der Waals surface area contributed by atoms with E-state index >= 15 is 0 Å². The molecule has 0 spiro atoms. The van der Waals surface area contributed by atoms with Crippen LogP contribution < -0.4 is 24.8 Å². The number of halogens is 2. The normalized spacial score (nSPS) is 20.0. The maximum atomic E-state index is 2.21. The van der Waals surface area contributed by atoms with Gasteiger partial charge in [-0.1, -0.05) is 41.5 Å². The molecule has 0 aromatic carbocycles. The van der Waals surface area contributed by atoms with E-state index in [0.29, 0.717) is 11.8 Å². The van der Waals surface area contributed by atoms with E-state index in [1.54, 1.807) is 0 Å². The molecule has 0 unspecified atom stereocenters. The van der Waals surface area contributed by atoms with Crippen molar-refractivity contribution in [2.75, 3.05) is 0 Å². The van der Waals surface area contributed by atoms with Crippen molar-refractivity contribution >= 4 is 0 Å². The third-order valence-corrected chi connectivity index (χ3v) is 3.49. The Kier molecular flexibility index (Phi) is 25.3. The van der Waals surface area contributed by atoms with Gasteiger partial charge in [0.05, 0.1) is 0 Å². The van der Waals surface area contributed by atoms with Gasteiger partial charge in [-0.15, -0.1) is 0 Å². The van der Waals surface area contributed by atoms with E-state index in [-0.39, 0.29) is 63.8 Å². The molecule has 0 heterocycles. The monoisotopic (exact) mass is 542 g/mol. The minimum atomic E-state index is 0. The molecule has 2 fully saturated rings. The van der Waals surface area contributed by atoms with Crippen LogP contribution in [-0.4, -0.2) is 0 Å². The van der Waals surface area contributed by atoms with Crippen LogP contribution in [0.15, 0.2) is 0 Å². The molecule has 0 amide bonds. The van der Waals surface area contributed by atoms with Crippen molar-refractivity contribution in [3.63, 3.8) is 0 Å². The fourth-order valence-corrected chi connectivity index (χ4v) is 1.90. The molecule has 0 saturated heterocycles. The molecule has 12 radical (unpaired) electrons. The SMILES string of the molecule is C[C]1[CH][CH][C](C(C)C)[CH][CH]1.C[C]1[CH][CH][C](C(C)C)[CH][CH]1.[Cl-].[Cl-].[Ru+2].[Ru+2]. The average molecular weight is 541 g/mol. The van der Waals surface area contributed by atoms with E-state index < -0.39 is 0 Å². The molecule has 0 aromatic heterocycles. The molecule has 0 N–H and O–H groups in total. The van der Waals surface area contributed by atoms with Crippen molar-refractivity contribution in [1.29, 1.82) is 0 Å². The summed E-state index contributed by atoms with van der Waals surface area (Å²) < 4.78 is 0. The Morgan fingerprint density at radius 3 is 0.875 bits per heavy atom. The summed E-state index contributed by atoms with van der Waals surface area (Å²) in [6.45, 7) is 13.1. The van der Waals surface area contributed by atoms with E-state index in [1.807, 2.05) is 0 Å². The van der Waals surface area contributed by atoms with Gasteiger partial charge in [0.15, 0.2) is 0 Å². The van der Waals surface area contributed by atoms with E-state index in [0.717, 1.165) is 0 Å². The summed E-state index contributed by atoms with van der Waals surface area (Å²) in [5, 5.41) is 0. The topological polar surface area (TPSA) is 0 Å². The minimum absolute atomic E-state index is 0. The zero-order valence-corrected chi connectivity index (χ0v) is 20.2. The number of rotatable bonds is 2. The van der Waals surface area contributed by atoms with Crippen LogP contribution in [0.25, 0.3) is 0 Å². The molecule has 0 bridgehead atoms. The predicted molar refractivity (Wildman–Crippen MR) is 88.4 cm³/mol. The molecule has 2 aliphatic carbocycles. The molecule has 2 saturated carbocycles. The second kappa shape index (κ2) is 18.2. The van der Waals surface area contributed by atoms with Gasteiger partial charge < -0.3 is 24.8 Å². The van der Waals surface area contributed by atoms with Crippen LogP contribution in [0.1, 0.15) is 41.5 Å². The first-order valence-electron chi connectivity index (χ1n) is 7.53. The van der Waals surface area contributed by atoms with Gasteiger partial charge in [0.2, 0.25) is 0 Å². The van der Waals surface area contributed by atoms with Crippen molar-refractivity contribution in [2.24, 2.45) is 11.8 Å². The van der Waals surface area contributed by atoms with Crippen LogP contribution in [0, 0.1) is 86.9 Å². The summed E-state index contributed by atoms with van der Waals surface area (Å²) in [4.78, 5) is 0. The number of hydrogen-bond donors (Lipinski definition) is 0. The van der Waals surface area contributed by atoms with E-state index in [9.17, 15) is 0 Å². The van der Waals surface area contributed by atoms with Gasteiger partial charge in [-0.05, 0) is 86.9 Å². The maximum absolute atomic E-state index is 2.21. The smallest absolute Gasteiger partial charge is 1.00 e. The van der Waals surface area contributed by atoms with Crippen LogP contribution in [-0.2, 0) is 39.0 Å². The van der Waals surface area contributed by atoms with Gasteiger partial charge in [-0.3, -0.25) is 0 Å². The summed E-state index contributed by atoms with van der Waals surface area (Å²) in [5.41, 5.74) is 0. The Labute approximate surface area is 191 Å². The Morgan fingerprint density at radius 1 is 0.500 bits per heavy atom. The number of hydrogen-bond acceptors (Lipinski definition) is 0. The second-order valence-corrected chi connectivity index (χ2v) is 6.13. The molecular weight excluding hydrogens is 513 g/mol. The third kappa shape index (κ3) is 14.0. The predicted octanol–water partition coefficient (Wildman–Crippen LogP) is -0.713. The molecule has 2 aliphatic rings. The first-order chi connectivity index (χ1) is 9.40.